The molecule has 0 heterocycles. The molecule has 0 amide bonds. The van der Waals surface area contributed by atoms with Crippen LogP contribution < -0.4 is 0 Å². The molecule has 0 aromatic heterocycles. The molecule has 3 nitrogen and oxygen atoms in total. The van der Waals surface area contributed by atoms with Gasteiger partial charge in [-0.05, 0) is 31.4 Å². The van der Waals surface area contributed by atoms with E-state index in [0.717, 1.165) is 31.2 Å². The summed E-state index contributed by atoms with van der Waals surface area (Å²) < 4.78 is 0. The zero-order valence-corrected chi connectivity index (χ0v) is 9.79. The summed E-state index contributed by atoms with van der Waals surface area (Å²) in [5.74, 6) is -0.267. The first-order valence-corrected chi connectivity index (χ1v) is 5.62. The summed E-state index contributed by atoms with van der Waals surface area (Å²) in [6.07, 6.45) is 3.92. The van der Waals surface area contributed by atoms with Crippen LogP contribution >= 0.6 is 0 Å². The Morgan fingerprint density at radius 3 is 2.44 bits per heavy atom. The molecule has 1 aromatic rings. The fraction of sp³-hybridized carbons (Fsp3) is 0.462. The monoisotopic (exact) mass is 222 g/mol. The Morgan fingerprint density at radius 2 is 1.88 bits per heavy atom. The van der Waals surface area contributed by atoms with Gasteiger partial charge in [0.15, 0.2) is 5.78 Å². The Bertz CT molecular complexity index is 383. The number of hydrogen-bond donors (Lipinski definition) is 2. The van der Waals surface area contributed by atoms with Crippen molar-refractivity contribution >= 4 is 5.78 Å². The van der Waals surface area contributed by atoms with Gasteiger partial charge in [-0.3, -0.25) is 4.79 Å². The van der Waals surface area contributed by atoms with Gasteiger partial charge in [-0.2, -0.15) is 0 Å². The first-order valence-electron chi connectivity index (χ1n) is 5.62. The van der Waals surface area contributed by atoms with Crippen molar-refractivity contribution in [3.8, 4) is 11.5 Å². The quantitative estimate of drug-likeness (QED) is 0.594. The second kappa shape index (κ2) is 5.54. The van der Waals surface area contributed by atoms with Crippen LogP contribution in [0.4, 0.5) is 0 Å². The van der Waals surface area contributed by atoms with Crippen molar-refractivity contribution in [1.29, 1.82) is 0 Å². The standard InChI is InChI=1S/C13H18O3/c1-3-4-5-6-10-7-11(9(2)14)13(16)8-12(10)15/h7-8,15-16H,3-6H2,1-2H3. The van der Waals surface area contributed by atoms with Crippen LogP contribution in [-0.2, 0) is 6.42 Å². The molecule has 2 N–H and O–H groups in total. The molecule has 0 bridgehead atoms. The highest BCUT2D eigenvalue weighted by molar-refractivity contribution is 5.97. The Morgan fingerprint density at radius 1 is 1.19 bits per heavy atom. The highest BCUT2D eigenvalue weighted by Gasteiger charge is 2.11. The molecule has 0 atom stereocenters. The van der Waals surface area contributed by atoms with Gasteiger partial charge < -0.3 is 10.2 Å². The zero-order chi connectivity index (χ0) is 12.1. The Labute approximate surface area is 95.7 Å². The van der Waals surface area contributed by atoms with E-state index >= 15 is 0 Å². The lowest BCUT2D eigenvalue weighted by molar-refractivity contribution is 0.101. The zero-order valence-electron chi connectivity index (χ0n) is 9.79. The third-order valence-corrected chi connectivity index (χ3v) is 2.63. The predicted molar refractivity (Wildman–Crippen MR) is 63.0 cm³/mol. The van der Waals surface area contributed by atoms with Gasteiger partial charge >= 0.3 is 0 Å². The minimum absolute atomic E-state index is 0.0682. The van der Waals surface area contributed by atoms with Gasteiger partial charge in [0, 0.05) is 6.07 Å². The number of phenols is 2. The van der Waals surface area contributed by atoms with E-state index in [2.05, 4.69) is 6.92 Å². The van der Waals surface area contributed by atoms with E-state index in [1.54, 1.807) is 6.07 Å². The number of rotatable bonds is 5. The first-order chi connectivity index (χ1) is 7.56. The number of hydrogen-bond acceptors (Lipinski definition) is 3. The molecule has 0 aliphatic carbocycles. The number of ketones is 1. The van der Waals surface area contributed by atoms with Gasteiger partial charge in [0.05, 0.1) is 5.56 Å². The van der Waals surface area contributed by atoms with Crippen molar-refractivity contribution < 1.29 is 15.0 Å². The lowest BCUT2D eigenvalue weighted by atomic mass is 10.0. The summed E-state index contributed by atoms with van der Waals surface area (Å²) in [5.41, 5.74) is 1.01. The lowest BCUT2D eigenvalue weighted by Crippen LogP contribution is -1.96. The van der Waals surface area contributed by atoms with Gasteiger partial charge in [-0.25, -0.2) is 0 Å². The van der Waals surface area contributed by atoms with Crippen molar-refractivity contribution in [3.63, 3.8) is 0 Å². The fourth-order valence-electron chi connectivity index (χ4n) is 1.67. The van der Waals surface area contributed by atoms with Crippen LogP contribution in [0.3, 0.4) is 0 Å². The minimum atomic E-state index is -0.186. The fourth-order valence-corrected chi connectivity index (χ4v) is 1.67. The molecule has 1 rings (SSSR count). The van der Waals surface area contributed by atoms with Gasteiger partial charge in [0.1, 0.15) is 11.5 Å². The number of benzene rings is 1. The molecule has 88 valence electrons. The SMILES string of the molecule is CCCCCc1cc(C(C)=O)c(O)cc1O. The summed E-state index contributed by atoms with van der Waals surface area (Å²) in [5, 5.41) is 19.1. The topological polar surface area (TPSA) is 57.5 Å². The molecular weight excluding hydrogens is 204 g/mol. The lowest BCUT2D eigenvalue weighted by Gasteiger charge is -2.08. The number of Topliss-reactive ketones (excluding diaryl/α,β-unsaturated/α-hetero) is 1. The van der Waals surface area contributed by atoms with Crippen LogP contribution in [-0.4, -0.2) is 16.0 Å². The van der Waals surface area contributed by atoms with Crippen LogP contribution in [0, 0.1) is 0 Å². The molecule has 0 spiro atoms. The van der Waals surface area contributed by atoms with E-state index in [-0.39, 0.29) is 22.8 Å². The molecule has 3 heteroatoms. The van der Waals surface area contributed by atoms with E-state index in [9.17, 15) is 15.0 Å². The number of carbonyl (C=O) groups excluding carboxylic acids is 1. The van der Waals surface area contributed by atoms with Crippen LogP contribution in [0.15, 0.2) is 12.1 Å². The van der Waals surface area contributed by atoms with E-state index in [1.807, 2.05) is 0 Å². The summed E-state index contributed by atoms with van der Waals surface area (Å²) in [6, 6.07) is 2.83. The van der Waals surface area contributed by atoms with E-state index < -0.39 is 0 Å². The van der Waals surface area contributed by atoms with E-state index in [0.29, 0.717) is 0 Å². The smallest absolute Gasteiger partial charge is 0.163 e. The summed E-state index contributed by atoms with van der Waals surface area (Å²) in [6.45, 7) is 3.51. The van der Waals surface area contributed by atoms with E-state index in [1.165, 1.54) is 13.0 Å². The molecule has 1 aromatic carbocycles. The predicted octanol–water partition coefficient (Wildman–Crippen LogP) is 3.03. The van der Waals surface area contributed by atoms with Gasteiger partial charge in [-0.15, -0.1) is 0 Å². The van der Waals surface area contributed by atoms with Crippen molar-refractivity contribution in [3.05, 3.63) is 23.3 Å². The Hall–Kier alpha value is -1.51. The number of phenolic OH excluding ortho intramolecular Hbond substituents is 2. The van der Waals surface area contributed by atoms with Crippen molar-refractivity contribution in [2.75, 3.05) is 0 Å². The maximum Gasteiger partial charge on any atom is 0.163 e. The minimum Gasteiger partial charge on any atom is -0.508 e. The molecule has 0 saturated carbocycles. The summed E-state index contributed by atoms with van der Waals surface area (Å²) in [4.78, 5) is 11.2. The maximum absolute atomic E-state index is 11.2. The molecular formula is C13H18O3. The molecule has 16 heavy (non-hydrogen) atoms. The molecule has 0 unspecified atom stereocenters. The summed E-state index contributed by atoms with van der Waals surface area (Å²) in [7, 11) is 0. The highest BCUT2D eigenvalue weighted by atomic mass is 16.3. The largest absolute Gasteiger partial charge is 0.508 e. The van der Waals surface area contributed by atoms with Gasteiger partial charge in [0.25, 0.3) is 0 Å². The third-order valence-electron chi connectivity index (χ3n) is 2.63. The summed E-state index contributed by atoms with van der Waals surface area (Å²) >= 11 is 0. The number of unbranched alkanes of at least 4 members (excludes halogenated alkanes) is 2. The second-order valence-corrected chi connectivity index (χ2v) is 4.01. The first kappa shape index (κ1) is 12.6. The van der Waals surface area contributed by atoms with Gasteiger partial charge in [0.2, 0.25) is 0 Å². The molecule has 0 fully saturated rings. The normalized spacial score (nSPS) is 10.4. The average molecular weight is 222 g/mol. The number of aromatic hydroxyl groups is 2. The number of aryl methyl sites for hydroxylation is 1. The van der Waals surface area contributed by atoms with Crippen LogP contribution in [0.25, 0.3) is 0 Å². The number of carbonyl (C=O) groups is 1. The van der Waals surface area contributed by atoms with Crippen LogP contribution in [0.5, 0.6) is 11.5 Å². The van der Waals surface area contributed by atoms with Crippen LogP contribution in [0.2, 0.25) is 0 Å². The molecule has 0 aliphatic heterocycles. The maximum atomic E-state index is 11.2. The van der Waals surface area contributed by atoms with Crippen molar-refractivity contribution in [1.82, 2.24) is 0 Å². The Kier molecular flexibility index (Phi) is 4.35. The highest BCUT2D eigenvalue weighted by Crippen LogP contribution is 2.28. The average Bonchev–Trinajstić information content (AvgIpc) is 2.21. The Balaban J connectivity index is 2.91. The van der Waals surface area contributed by atoms with Crippen molar-refractivity contribution in [2.45, 2.75) is 39.5 Å². The molecule has 0 aliphatic rings. The third kappa shape index (κ3) is 2.99. The molecule has 0 saturated heterocycles. The van der Waals surface area contributed by atoms with E-state index in [4.69, 9.17) is 0 Å². The molecule has 0 radical (unpaired) electrons. The van der Waals surface area contributed by atoms with Crippen LogP contribution in [0.1, 0.15) is 49.0 Å². The second-order valence-electron chi connectivity index (χ2n) is 4.01. The van der Waals surface area contributed by atoms with Crippen molar-refractivity contribution in [2.24, 2.45) is 0 Å². The van der Waals surface area contributed by atoms with Gasteiger partial charge in [-0.1, -0.05) is 19.8 Å².